The zero-order valence-electron chi connectivity index (χ0n) is 10.3. The Morgan fingerprint density at radius 2 is 2.33 bits per heavy atom. The highest BCUT2D eigenvalue weighted by atomic mass is 32.2. The van der Waals surface area contributed by atoms with Crippen LogP contribution in [0.5, 0.6) is 0 Å². The molecule has 0 bridgehead atoms. The number of carbonyl (C=O) groups excluding carboxylic acids is 1. The van der Waals surface area contributed by atoms with Crippen LogP contribution in [0.1, 0.15) is 18.0 Å². The van der Waals surface area contributed by atoms with Gasteiger partial charge in [-0.1, -0.05) is 24.3 Å². The highest BCUT2D eigenvalue weighted by molar-refractivity contribution is 7.99. The van der Waals surface area contributed by atoms with Crippen molar-refractivity contribution >= 4 is 17.7 Å². The smallest absolute Gasteiger partial charge is 0.234 e. The van der Waals surface area contributed by atoms with Crippen LogP contribution in [0.15, 0.2) is 41.8 Å². The molecule has 1 unspecified atom stereocenters. The maximum absolute atomic E-state index is 11.8. The van der Waals surface area contributed by atoms with Crippen LogP contribution in [0.4, 0.5) is 0 Å². The molecule has 2 N–H and O–H groups in total. The van der Waals surface area contributed by atoms with Crippen LogP contribution in [-0.2, 0) is 4.79 Å². The molecule has 1 aromatic rings. The topological polar surface area (TPSA) is 41.1 Å². The average molecular weight is 262 g/mol. The van der Waals surface area contributed by atoms with Gasteiger partial charge in [0, 0.05) is 17.2 Å². The number of nitrogens with one attached hydrogen (secondary N) is 2. The molecule has 0 aromatic heterocycles. The third kappa shape index (κ3) is 3.37. The van der Waals surface area contributed by atoms with E-state index in [1.165, 1.54) is 10.5 Å². The van der Waals surface area contributed by atoms with Gasteiger partial charge in [-0.2, -0.15) is 0 Å². The molecule has 1 atom stereocenters. The lowest BCUT2D eigenvalue weighted by atomic mass is 10.0. The van der Waals surface area contributed by atoms with Crippen molar-refractivity contribution in [2.45, 2.75) is 17.4 Å². The van der Waals surface area contributed by atoms with Crippen molar-refractivity contribution in [1.82, 2.24) is 10.6 Å². The lowest BCUT2D eigenvalue weighted by Crippen LogP contribution is -2.37. The molecule has 0 fully saturated rings. The highest BCUT2D eigenvalue weighted by Gasteiger charge is 2.21. The Kier molecular flexibility index (Phi) is 4.84. The van der Waals surface area contributed by atoms with Gasteiger partial charge in [0.1, 0.15) is 0 Å². The van der Waals surface area contributed by atoms with Crippen LogP contribution in [0.25, 0.3) is 0 Å². The monoisotopic (exact) mass is 262 g/mol. The van der Waals surface area contributed by atoms with E-state index in [9.17, 15) is 4.79 Å². The van der Waals surface area contributed by atoms with Crippen molar-refractivity contribution in [2.75, 3.05) is 18.8 Å². The number of benzene rings is 1. The molecule has 1 aliphatic heterocycles. The van der Waals surface area contributed by atoms with Crippen molar-refractivity contribution in [2.24, 2.45) is 0 Å². The van der Waals surface area contributed by atoms with E-state index in [-0.39, 0.29) is 11.9 Å². The number of amides is 1. The summed E-state index contributed by atoms with van der Waals surface area (Å²) in [6.45, 7) is 4.61. The van der Waals surface area contributed by atoms with Gasteiger partial charge in [-0.15, -0.1) is 18.3 Å². The maximum Gasteiger partial charge on any atom is 0.234 e. The molecule has 1 aromatic carbocycles. The minimum absolute atomic E-state index is 0.0450. The van der Waals surface area contributed by atoms with Gasteiger partial charge in [0.25, 0.3) is 0 Å². The van der Waals surface area contributed by atoms with E-state index in [2.05, 4.69) is 29.3 Å². The fraction of sp³-hybridized carbons (Fsp3) is 0.357. The third-order valence-corrected chi connectivity index (χ3v) is 3.99. The Bertz CT molecular complexity index is 434. The van der Waals surface area contributed by atoms with Gasteiger partial charge in [-0.25, -0.2) is 0 Å². The van der Waals surface area contributed by atoms with E-state index in [4.69, 9.17) is 0 Å². The Labute approximate surface area is 112 Å². The predicted octanol–water partition coefficient (Wildman–Crippen LogP) is 2.12. The number of hydrogen-bond acceptors (Lipinski definition) is 3. The molecule has 0 saturated heterocycles. The van der Waals surface area contributed by atoms with Crippen molar-refractivity contribution < 1.29 is 4.79 Å². The first-order valence-electron chi connectivity index (χ1n) is 6.14. The molecule has 3 nitrogen and oxygen atoms in total. The molecule has 4 heteroatoms. The summed E-state index contributed by atoms with van der Waals surface area (Å²) in [4.78, 5) is 13.1. The van der Waals surface area contributed by atoms with E-state index in [1.54, 1.807) is 6.08 Å². The summed E-state index contributed by atoms with van der Waals surface area (Å²) in [6, 6.07) is 8.44. The molecule has 1 heterocycles. The van der Waals surface area contributed by atoms with E-state index in [0.717, 1.165) is 12.2 Å². The van der Waals surface area contributed by atoms with Crippen molar-refractivity contribution in [3.8, 4) is 0 Å². The molecule has 1 amide bonds. The van der Waals surface area contributed by atoms with Crippen molar-refractivity contribution in [1.29, 1.82) is 0 Å². The quantitative estimate of drug-likeness (QED) is 0.631. The average Bonchev–Trinajstić information content (AvgIpc) is 2.39. The number of hydrogen-bond donors (Lipinski definition) is 2. The van der Waals surface area contributed by atoms with Gasteiger partial charge in [0.05, 0.1) is 12.6 Å². The van der Waals surface area contributed by atoms with Gasteiger partial charge in [-0.05, 0) is 18.1 Å². The normalized spacial score (nSPS) is 17.9. The second-order valence-corrected chi connectivity index (χ2v) is 5.35. The first-order valence-corrected chi connectivity index (χ1v) is 7.12. The van der Waals surface area contributed by atoms with E-state index in [1.807, 2.05) is 23.9 Å². The second kappa shape index (κ2) is 6.61. The van der Waals surface area contributed by atoms with E-state index >= 15 is 0 Å². The summed E-state index contributed by atoms with van der Waals surface area (Å²) >= 11 is 1.86. The third-order valence-electron chi connectivity index (χ3n) is 2.87. The van der Waals surface area contributed by atoms with Crippen LogP contribution in [-0.4, -0.2) is 24.7 Å². The van der Waals surface area contributed by atoms with Gasteiger partial charge in [-0.3, -0.25) is 4.79 Å². The second-order valence-electron chi connectivity index (χ2n) is 4.21. The van der Waals surface area contributed by atoms with Crippen molar-refractivity contribution in [3.63, 3.8) is 0 Å². The molecule has 96 valence electrons. The number of thioether (sulfide) groups is 1. The fourth-order valence-electron chi connectivity index (χ4n) is 2.03. The summed E-state index contributed by atoms with van der Waals surface area (Å²) in [5.41, 5.74) is 1.24. The zero-order chi connectivity index (χ0) is 12.8. The van der Waals surface area contributed by atoms with Crippen LogP contribution in [0.3, 0.4) is 0 Å². The minimum Gasteiger partial charge on any atom is -0.348 e. The first-order chi connectivity index (χ1) is 8.81. The summed E-state index contributed by atoms with van der Waals surface area (Å²) in [7, 11) is 0. The number of fused-ring (bicyclic) bond motifs is 1. The first kappa shape index (κ1) is 13.2. The SMILES string of the molecule is C=CCNCC(=O)NC1CCSc2ccccc21. The highest BCUT2D eigenvalue weighted by Crippen LogP contribution is 2.35. The van der Waals surface area contributed by atoms with Crippen LogP contribution >= 0.6 is 11.8 Å². The summed E-state index contributed by atoms with van der Waals surface area (Å²) in [6.07, 6.45) is 2.74. The van der Waals surface area contributed by atoms with Gasteiger partial charge < -0.3 is 10.6 Å². The number of rotatable bonds is 5. The number of carbonyl (C=O) groups is 1. The molecule has 0 aliphatic carbocycles. The van der Waals surface area contributed by atoms with Crippen LogP contribution in [0, 0.1) is 0 Å². The molecule has 2 rings (SSSR count). The Morgan fingerprint density at radius 3 is 3.17 bits per heavy atom. The van der Waals surface area contributed by atoms with Crippen molar-refractivity contribution in [3.05, 3.63) is 42.5 Å². The largest absolute Gasteiger partial charge is 0.348 e. The zero-order valence-corrected chi connectivity index (χ0v) is 11.1. The van der Waals surface area contributed by atoms with E-state index < -0.39 is 0 Å². The Hall–Kier alpha value is -1.26. The van der Waals surface area contributed by atoms with Crippen LogP contribution < -0.4 is 10.6 Å². The van der Waals surface area contributed by atoms with Crippen LogP contribution in [0.2, 0.25) is 0 Å². The summed E-state index contributed by atoms with van der Waals surface area (Å²) < 4.78 is 0. The fourth-order valence-corrected chi connectivity index (χ4v) is 3.15. The molecule has 18 heavy (non-hydrogen) atoms. The van der Waals surface area contributed by atoms with Gasteiger partial charge in [0.2, 0.25) is 5.91 Å². The van der Waals surface area contributed by atoms with Gasteiger partial charge in [0.15, 0.2) is 0 Å². The summed E-state index contributed by atoms with van der Waals surface area (Å²) in [5.74, 6) is 1.10. The molecular weight excluding hydrogens is 244 g/mol. The van der Waals surface area contributed by atoms with E-state index in [0.29, 0.717) is 13.1 Å². The predicted molar refractivity (Wildman–Crippen MR) is 75.7 cm³/mol. The molecular formula is C14H18N2OS. The lowest BCUT2D eigenvalue weighted by Gasteiger charge is -2.25. The standard InChI is InChI=1S/C14H18N2OS/c1-2-8-15-10-14(17)16-12-7-9-18-13-6-4-3-5-11(12)13/h2-6,12,15H,1,7-10H2,(H,16,17). The maximum atomic E-state index is 11.8. The molecule has 0 saturated carbocycles. The Balaban J connectivity index is 1.94. The summed E-state index contributed by atoms with van der Waals surface area (Å²) in [5, 5.41) is 6.10. The minimum atomic E-state index is 0.0450. The molecule has 0 spiro atoms. The van der Waals surface area contributed by atoms with Gasteiger partial charge >= 0.3 is 0 Å². The molecule has 1 aliphatic rings. The lowest BCUT2D eigenvalue weighted by molar-refractivity contribution is -0.121. The Morgan fingerprint density at radius 1 is 1.50 bits per heavy atom. The molecule has 0 radical (unpaired) electrons.